The zero-order chi connectivity index (χ0) is 15.1. The largest absolute Gasteiger partial charge is 0.503 e. The topological polar surface area (TPSA) is 101 Å². The van der Waals surface area contributed by atoms with Crippen molar-refractivity contribution in [2.24, 2.45) is 0 Å². The highest BCUT2D eigenvalue weighted by Gasteiger charge is 2.39. The predicted molar refractivity (Wildman–Crippen MR) is 69.8 cm³/mol. The summed E-state index contributed by atoms with van der Waals surface area (Å²) in [5, 5.41) is 38.7. The summed E-state index contributed by atoms with van der Waals surface area (Å²) in [6, 6.07) is 8.86. The number of hydrogen-bond donors (Lipinski definition) is 2. The molecule has 1 aliphatic heterocycles. The monoisotopic (exact) mass is 280 g/mol. The van der Waals surface area contributed by atoms with Crippen LogP contribution in [-0.4, -0.2) is 10.2 Å². The Balaban J connectivity index is 2.47. The highest BCUT2D eigenvalue weighted by atomic mass is 16.5. The Morgan fingerprint density at radius 2 is 1.81 bits per heavy atom. The SMILES string of the molecule is CC1Oc2c(O)c(C#N)c(C#N)c(O)c2-[n+]2ccccc21. The number of benzene rings is 1. The summed E-state index contributed by atoms with van der Waals surface area (Å²) in [5.41, 5.74) is 0.361. The van der Waals surface area contributed by atoms with Gasteiger partial charge < -0.3 is 14.9 Å². The van der Waals surface area contributed by atoms with Crippen molar-refractivity contribution in [3.05, 3.63) is 41.2 Å². The summed E-state index contributed by atoms with van der Waals surface area (Å²) in [6.07, 6.45) is 1.32. The lowest BCUT2D eigenvalue weighted by Crippen LogP contribution is -2.41. The van der Waals surface area contributed by atoms with Crippen LogP contribution in [0.15, 0.2) is 24.4 Å². The molecule has 0 saturated heterocycles. The summed E-state index contributed by atoms with van der Waals surface area (Å²) >= 11 is 0. The maximum Gasteiger partial charge on any atom is 0.300 e. The molecule has 1 aromatic heterocycles. The van der Waals surface area contributed by atoms with Gasteiger partial charge in [0.15, 0.2) is 18.1 Å². The van der Waals surface area contributed by atoms with E-state index < -0.39 is 5.75 Å². The minimum Gasteiger partial charge on any atom is -0.503 e. The third-order valence-electron chi connectivity index (χ3n) is 3.45. The Hall–Kier alpha value is -3.25. The molecule has 3 rings (SSSR count). The zero-order valence-electron chi connectivity index (χ0n) is 11.0. The molecule has 1 atom stereocenters. The van der Waals surface area contributed by atoms with Crippen molar-refractivity contribution in [2.45, 2.75) is 13.0 Å². The molecule has 0 bridgehead atoms. The third-order valence-corrected chi connectivity index (χ3v) is 3.45. The molecule has 1 unspecified atom stereocenters. The van der Waals surface area contributed by atoms with E-state index in [9.17, 15) is 10.2 Å². The first-order valence-electron chi connectivity index (χ1n) is 6.19. The van der Waals surface area contributed by atoms with E-state index >= 15 is 0 Å². The number of ether oxygens (including phenoxy) is 1. The fourth-order valence-electron chi connectivity index (χ4n) is 2.47. The molecule has 21 heavy (non-hydrogen) atoms. The van der Waals surface area contributed by atoms with Crippen LogP contribution < -0.4 is 9.30 Å². The van der Waals surface area contributed by atoms with E-state index in [1.54, 1.807) is 35.9 Å². The molecule has 102 valence electrons. The summed E-state index contributed by atoms with van der Waals surface area (Å²) in [5.74, 6) is -0.818. The van der Waals surface area contributed by atoms with E-state index in [0.717, 1.165) is 5.69 Å². The smallest absolute Gasteiger partial charge is 0.300 e. The summed E-state index contributed by atoms with van der Waals surface area (Å²) in [7, 11) is 0. The highest BCUT2D eigenvalue weighted by molar-refractivity contribution is 5.72. The van der Waals surface area contributed by atoms with Crippen LogP contribution in [0.3, 0.4) is 0 Å². The molecule has 0 aliphatic carbocycles. The van der Waals surface area contributed by atoms with Gasteiger partial charge in [0, 0.05) is 12.1 Å². The molecule has 0 fully saturated rings. The molecule has 2 heterocycles. The van der Waals surface area contributed by atoms with E-state index in [1.165, 1.54) is 0 Å². The lowest BCUT2D eigenvalue weighted by molar-refractivity contribution is -0.614. The Kier molecular flexibility index (Phi) is 2.67. The Morgan fingerprint density at radius 3 is 2.48 bits per heavy atom. The van der Waals surface area contributed by atoms with Crippen LogP contribution in [0.25, 0.3) is 5.69 Å². The summed E-state index contributed by atoms with van der Waals surface area (Å²) in [6.45, 7) is 1.79. The lowest BCUT2D eigenvalue weighted by atomic mass is 10.0. The normalized spacial score (nSPS) is 15.1. The average Bonchev–Trinajstić information content (AvgIpc) is 2.50. The lowest BCUT2D eigenvalue weighted by Gasteiger charge is -2.22. The number of aromatic hydroxyl groups is 2. The Bertz CT molecular complexity index is 847. The van der Waals surface area contributed by atoms with E-state index in [2.05, 4.69) is 0 Å². The van der Waals surface area contributed by atoms with Crippen LogP contribution in [0.1, 0.15) is 29.8 Å². The van der Waals surface area contributed by atoms with Crippen molar-refractivity contribution in [2.75, 3.05) is 0 Å². The van der Waals surface area contributed by atoms with Crippen molar-refractivity contribution in [3.8, 4) is 35.1 Å². The highest BCUT2D eigenvalue weighted by Crippen LogP contribution is 2.46. The molecule has 6 nitrogen and oxygen atoms in total. The minimum atomic E-state index is -0.435. The van der Waals surface area contributed by atoms with Crippen LogP contribution in [0, 0.1) is 22.7 Å². The Morgan fingerprint density at radius 1 is 1.14 bits per heavy atom. The molecular formula is C15H10N3O3+. The predicted octanol–water partition coefficient (Wildman–Crippen LogP) is 1.57. The van der Waals surface area contributed by atoms with Gasteiger partial charge in [-0.2, -0.15) is 15.1 Å². The van der Waals surface area contributed by atoms with Crippen molar-refractivity contribution in [1.29, 1.82) is 10.5 Å². The first kappa shape index (κ1) is 12.8. The van der Waals surface area contributed by atoms with Gasteiger partial charge in [-0.15, -0.1) is 0 Å². The number of rotatable bonds is 0. The van der Waals surface area contributed by atoms with Gasteiger partial charge in [0.2, 0.25) is 17.2 Å². The van der Waals surface area contributed by atoms with E-state index in [4.69, 9.17) is 15.3 Å². The molecule has 2 aromatic rings. The van der Waals surface area contributed by atoms with Crippen molar-refractivity contribution in [3.63, 3.8) is 0 Å². The molecule has 0 spiro atoms. The van der Waals surface area contributed by atoms with Crippen LogP contribution in [0.4, 0.5) is 0 Å². The van der Waals surface area contributed by atoms with Gasteiger partial charge in [0.25, 0.3) is 0 Å². The van der Waals surface area contributed by atoms with Gasteiger partial charge in [0.05, 0.1) is 0 Å². The van der Waals surface area contributed by atoms with Gasteiger partial charge in [0.1, 0.15) is 23.3 Å². The number of nitriles is 2. The molecule has 6 heteroatoms. The van der Waals surface area contributed by atoms with Crippen molar-refractivity contribution < 1.29 is 19.5 Å². The average molecular weight is 280 g/mol. The van der Waals surface area contributed by atoms with E-state index in [1.807, 2.05) is 12.1 Å². The fraction of sp³-hybridized carbons (Fsp3) is 0.133. The minimum absolute atomic E-state index is 0.000694. The maximum atomic E-state index is 10.3. The second kappa shape index (κ2) is 4.39. The molecule has 1 aromatic carbocycles. The van der Waals surface area contributed by atoms with Crippen LogP contribution in [0.5, 0.6) is 17.2 Å². The van der Waals surface area contributed by atoms with Gasteiger partial charge in [-0.1, -0.05) is 0 Å². The fourth-order valence-corrected chi connectivity index (χ4v) is 2.47. The maximum absolute atomic E-state index is 10.3. The van der Waals surface area contributed by atoms with E-state index in [-0.39, 0.29) is 34.4 Å². The first-order chi connectivity index (χ1) is 10.1. The summed E-state index contributed by atoms with van der Waals surface area (Å²) < 4.78 is 7.26. The third kappa shape index (κ3) is 1.60. The molecule has 2 N–H and O–H groups in total. The van der Waals surface area contributed by atoms with E-state index in [0.29, 0.717) is 0 Å². The number of hydrogen-bond acceptors (Lipinski definition) is 5. The first-order valence-corrected chi connectivity index (χ1v) is 6.19. The quantitative estimate of drug-likeness (QED) is 0.563. The van der Waals surface area contributed by atoms with Crippen molar-refractivity contribution >= 4 is 0 Å². The van der Waals surface area contributed by atoms with Crippen molar-refractivity contribution in [1.82, 2.24) is 0 Å². The standard InChI is InChI=1S/C15H9N3O3/c1-8-11-4-2-3-5-18(11)12-13(19)9(6-16)10(7-17)14(20)15(12)21-8/h2-5,8H,1H3,(H-,19,20)/p+1. The molecule has 0 amide bonds. The number of fused-ring (bicyclic) bond motifs is 3. The van der Waals surface area contributed by atoms with Gasteiger partial charge in [-0.3, -0.25) is 0 Å². The number of phenols is 2. The Labute approximate surface area is 120 Å². The second-order valence-electron chi connectivity index (χ2n) is 4.60. The van der Waals surface area contributed by atoms with Gasteiger partial charge in [-0.25, -0.2) is 0 Å². The number of aromatic nitrogens is 1. The second-order valence-corrected chi connectivity index (χ2v) is 4.60. The number of nitrogens with zero attached hydrogens (tertiary/aromatic N) is 3. The number of pyridine rings is 1. The van der Waals surface area contributed by atoms with Gasteiger partial charge in [-0.05, 0) is 13.0 Å². The molecular weight excluding hydrogens is 270 g/mol. The summed E-state index contributed by atoms with van der Waals surface area (Å²) in [4.78, 5) is 0. The molecule has 0 radical (unpaired) electrons. The van der Waals surface area contributed by atoms with Crippen LogP contribution in [-0.2, 0) is 0 Å². The molecule has 1 aliphatic rings. The number of phenolic OH excluding ortho intramolecular Hbond substituents is 2. The molecule has 0 saturated carbocycles. The van der Waals surface area contributed by atoms with Gasteiger partial charge >= 0.3 is 5.69 Å². The van der Waals surface area contributed by atoms with Crippen LogP contribution in [0.2, 0.25) is 0 Å². The zero-order valence-corrected chi connectivity index (χ0v) is 11.0. The van der Waals surface area contributed by atoms with Crippen LogP contribution >= 0.6 is 0 Å².